The smallest absolute Gasteiger partial charge is 0.230 e. The average Bonchev–Trinajstić information content (AvgIpc) is 3.08. The molecule has 1 amide bonds. The molecule has 2 rings (SSSR count). The van der Waals surface area contributed by atoms with Crippen LogP contribution in [-0.4, -0.2) is 47.0 Å². The summed E-state index contributed by atoms with van der Waals surface area (Å²) in [7, 11) is 0. The number of carbonyl (C=O) groups excluding carboxylic acids is 1. The predicted octanol–water partition coefficient (Wildman–Crippen LogP) is -0.278. The minimum Gasteiger partial charge on any atom is -0.409 e. The quantitative estimate of drug-likeness (QED) is 0.273. The van der Waals surface area contributed by atoms with E-state index in [0.717, 1.165) is 25.6 Å². The van der Waals surface area contributed by atoms with E-state index in [-0.39, 0.29) is 17.8 Å². The monoisotopic (exact) mass is 240 g/mol. The molecular formula is C11H20N4O2. The van der Waals surface area contributed by atoms with Crippen LogP contribution < -0.4 is 11.1 Å². The average molecular weight is 240 g/mol. The molecule has 1 heterocycles. The van der Waals surface area contributed by atoms with Crippen LogP contribution in [0, 0.1) is 5.92 Å². The molecule has 0 radical (unpaired) electrons. The third-order valence-electron chi connectivity index (χ3n) is 3.58. The topological polar surface area (TPSA) is 91.0 Å². The summed E-state index contributed by atoms with van der Waals surface area (Å²) in [6.45, 7) is 3.63. The van der Waals surface area contributed by atoms with Crippen LogP contribution in [0.1, 0.15) is 26.2 Å². The van der Waals surface area contributed by atoms with E-state index in [9.17, 15) is 4.79 Å². The summed E-state index contributed by atoms with van der Waals surface area (Å²) >= 11 is 0. The van der Waals surface area contributed by atoms with Crippen molar-refractivity contribution in [3.63, 3.8) is 0 Å². The minimum atomic E-state index is -0.574. The van der Waals surface area contributed by atoms with Crippen LogP contribution in [-0.2, 0) is 4.79 Å². The fourth-order valence-corrected chi connectivity index (χ4v) is 2.22. The first kappa shape index (κ1) is 12.2. The summed E-state index contributed by atoms with van der Waals surface area (Å²) in [6.07, 6.45) is 3.58. The highest BCUT2D eigenvalue weighted by atomic mass is 16.4. The molecule has 96 valence electrons. The highest BCUT2D eigenvalue weighted by molar-refractivity contribution is 6.01. The van der Waals surface area contributed by atoms with Gasteiger partial charge in [-0.3, -0.25) is 9.69 Å². The first-order chi connectivity index (χ1) is 8.11. The van der Waals surface area contributed by atoms with E-state index >= 15 is 0 Å². The van der Waals surface area contributed by atoms with Crippen LogP contribution in [0.4, 0.5) is 0 Å². The maximum atomic E-state index is 11.8. The Bertz CT molecular complexity index is 327. The van der Waals surface area contributed by atoms with Gasteiger partial charge in [-0.15, -0.1) is 0 Å². The number of amides is 1. The molecule has 0 aromatic heterocycles. The van der Waals surface area contributed by atoms with Gasteiger partial charge in [0.25, 0.3) is 0 Å². The Hall–Kier alpha value is -1.30. The van der Waals surface area contributed by atoms with Gasteiger partial charge < -0.3 is 16.3 Å². The van der Waals surface area contributed by atoms with Crippen molar-refractivity contribution in [2.75, 3.05) is 13.1 Å². The zero-order valence-corrected chi connectivity index (χ0v) is 10.1. The first-order valence-corrected chi connectivity index (χ1v) is 6.13. The standard InChI is InChI=1S/C11H20N4O2/c1-7(10(12)14-17)11(16)13-8-4-5-15(6-8)9-2-3-9/h7-9,17H,2-6H2,1H3,(H2,12,14)(H,13,16). The Balaban J connectivity index is 1.79. The number of oxime groups is 1. The number of hydrogen-bond donors (Lipinski definition) is 3. The molecule has 6 nitrogen and oxygen atoms in total. The number of nitrogens with two attached hydrogens (primary N) is 1. The Morgan fingerprint density at radius 1 is 1.53 bits per heavy atom. The molecule has 0 spiro atoms. The van der Waals surface area contributed by atoms with E-state index in [1.54, 1.807) is 6.92 Å². The van der Waals surface area contributed by atoms with E-state index in [1.165, 1.54) is 12.8 Å². The normalized spacial score (nSPS) is 28.1. The SMILES string of the molecule is CC(C(=O)NC1CCN(C2CC2)C1)/C(N)=N/O. The van der Waals surface area contributed by atoms with Crippen molar-refractivity contribution in [2.45, 2.75) is 38.3 Å². The second-order valence-corrected chi connectivity index (χ2v) is 4.97. The second-order valence-electron chi connectivity index (χ2n) is 4.97. The lowest BCUT2D eigenvalue weighted by Crippen LogP contribution is -2.43. The van der Waals surface area contributed by atoms with E-state index in [0.29, 0.717) is 0 Å². The lowest BCUT2D eigenvalue weighted by molar-refractivity contribution is -0.123. The first-order valence-electron chi connectivity index (χ1n) is 6.13. The lowest BCUT2D eigenvalue weighted by Gasteiger charge is -2.17. The molecule has 1 aliphatic heterocycles. The predicted molar refractivity (Wildman–Crippen MR) is 63.7 cm³/mol. The third-order valence-corrected chi connectivity index (χ3v) is 3.58. The van der Waals surface area contributed by atoms with Gasteiger partial charge in [0.1, 0.15) is 0 Å². The van der Waals surface area contributed by atoms with E-state index < -0.39 is 5.92 Å². The molecule has 2 fully saturated rings. The van der Waals surface area contributed by atoms with Crippen molar-refractivity contribution in [3.05, 3.63) is 0 Å². The molecule has 17 heavy (non-hydrogen) atoms. The van der Waals surface area contributed by atoms with E-state index in [4.69, 9.17) is 10.9 Å². The Morgan fingerprint density at radius 2 is 2.24 bits per heavy atom. The summed E-state index contributed by atoms with van der Waals surface area (Å²) in [5.74, 6) is -0.780. The van der Waals surface area contributed by atoms with Gasteiger partial charge in [0.2, 0.25) is 5.91 Å². The number of rotatable bonds is 4. The molecule has 1 saturated carbocycles. The van der Waals surface area contributed by atoms with Crippen molar-refractivity contribution in [1.29, 1.82) is 0 Å². The van der Waals surface area contributed by atoms with Gasteiger partial charge in [0.05, 0.1) is 5.92 Å². The Labute approximate surface area is 101 Å². The Kier molecular flexibility index (Phi) is 3.51. The van der Waals surface area contributed by atoms with Gasteiger partial charge in [0, 0.05) is 25.2 Å². The van der Waals surface area contributed by atoms with Crippen LogP contribution in [0.25, 0.3) is 0 Å². The summed E-state index contributed by atoms with van der Waals surface area (Å²) in [5, 5.41) is 14.3. The molecular weight excluding hydrogens is 220 g/mol. The molecule has 6 heteroatoms. The van der Waals surface area contributed by atoms with Crippen molar-refractivity contribution >= 4 is 11.7 Å². The lowest BCUT2D eigenvalue weighted by atomic mass is 10.1. The number of nitrogens with one attached hydrogen (secondary N) is 1. The summed E-state index contributed by atoms with van der Waals surface area (Å²) in [5.41, 5.74) is 5.41. The maximum absolute atomic E-state index is 11.8. The van der Waals surface area contributed by atoms with Crippen molar-refractivity contribution in [2.24, 2.45) is 16.8 Å². The summed E-state index contributed by atoms with van der Waals surface area (Å²) < 4.78 is 0. The van der Waals surface area contributed by atoms with Crippen LogP contribution >= 0.6 is 0 Å². The van der Waals surface area contributed by atoms with Gasteiger partial charge >= 0.3 is 0 Å². The van der Waals surface area contributed by atoms with Gasteiger partial charge in [0.15, 0.2) is 5.84 Å². The number of likely N-dealkylation sites (tertiary alicyclic amines) is 1. The number of amidine groups is 1. The molecule has 0 aromatic rings. The highest BCUT2D eigenvalue weighted by Gasteiger charge is 2.35. The fraction of sp³-hybridized carbons (Fsp3) is 0.818. The van der Waals surface area contributed by atoms with Gasteiger partial charge in [-0.05, 0) is 26.2 Å². The van der Waals surface area contributed by atoms with Gasteiger partial charge in [-0.25, -0.2) is 0 Å². The van der Waals surface area contributed by atoms with Gasteiger partial charge in [-0.2, -0.15) is 0 Å². The number of hydrogen-bond acceptors (Lipinski definition) is 4. The molecule has 0 bridgehead atoms. The molecule has 1 aliphatic carbocycles. The van der Waals surface area contributed by atoms with Crippen LogP contribution in [0.5, 0.6) is 0 Å². The molecule has 1 saturated heterocycles. The van der Waals surface area contributed by atoms with Crippen LogP contribution in [0.3, 0.4) is 0 Å². The zero-order chi connectivity index (χ0) is 12.4. The third kappa shape index (κ3) is 2.88. The second kappa shape index (κ2) is 4.91. The van der Waals surface area contributed by atoms with Crippen LogP contribution in [0.2, 0.25) is 0 Å². The van der Waals surface area contributed by atoms with Gasteiger partial charge in [-0.1, -0.05) is 5.16 Å². The minimum absolute atomic E-state index is 0.0421. The highest BCUT2D eigenvalue weighted by Crippen LogP contribution is 2.29. The van der Waals surface area contributed by atoms with Crippen molar-refractivity contribution in [3.8, 4) is 0 Å². The fourth-order valence-electron chi connectivity index (χ4n) is 2.22. The Morgan fingerprint density at radius 3 is 2.82 bits per heavy atom. The molecule has 0 aromatic carbocycles. The molecule has 4 N–H and O–H groups in total. The largest absolute Gasteiger partial charge is 0.409 e. The maximum Gasteiger partial charge on any atom is 0.230 e. The molecule has 2 unspecified atom stereocenters. The van der Waals surface area contributed by atoms with E-state index in [1.807, 2.05) is 0 Å². The summed E-state index contributed by atoms with van der Waals surface area (Å²) in [4.78, 5) is 14.2. The zero-order valence-electron chi connectivity index (χ0n) is 10.1. The number of carbonyl (C=O) groups is 1. The van der Waals surface area contributed by atoms with E-state index in [2.05, 4.69) is 15.4 Å². The van der Waals surface area contributed by atoms with Crippen molar-refractivity contribution in [1.82, 2.24) is 10.2 Å². The molecule has 2 aliphatic rings. The summed E-state index contributed by atoms with van der Waals surface area (Å²) in [6, 6.07) is 0.954. The number of nitrogens with zero attached hydrogens (tertiary/aromatic N) is 2. The van der Waals surface area contributed by atoms with Crippen LogP contribution in [0.15, 0.2) is 5.16 Å². The van der Waals surface area contributed by atoms with Crippen molar-refractivity contribution < 1.29 is 10.0 Å². The molecule has 2 atom stereocenters.